The third-order valence-corrected chi connectivity index (χ3v) is 4.46. The molecule has 2 aliphatic rings. The van der Waals surface area contributed by atoms with Gasteiger partial charge in [-0.25, -0.2) is 0 Å². The van der Waals surface area contributed by atoms with E-state index < -0.39 is 0 Å². The molecule has 0 bridgehead atoms. The highest BCUT2D eigenvalue weighted by atomic mass is 16.3. The number of aliphatic hydroxyl groups is 1. The van der Waals surface area contributed by atoms with Gasteiger partial charge in [0.05, 0.1) is 0 Å². The molecule has 2 fully saturated rings. The lowest BCUT2D eigenvalue weighted by atomic mass is 9.74. The average Bonchev–Trinajstić information content (AvgIpc) is 3.12. The van der Waals surface area contributed by atoms with Crippen molar-refractivity contribution in [3.8, 4) is 0 Å². The van der Waals surface area contributed by atoms with Gasteiger partial charge >= 0.3 is 0 Å². The molecular formula is C14H27NO. The van der Waals surface area contributed by atoms with Crippen LogP contribution in [0.3, 0.4) is 0 Å². The van der Waals surface area contributed by atoms with Gasteiger partial charge in [0.15, 0.2) is 0 Å². The van der Waals surface area contributed by atoms with Crippen molar-refractivity contribution in [2.45, 2.75) is 64.3 Å². The van der Waals surface area contributed by atoms with Gasteiger partial charge in [0.25, 0.3) is 0 Å². The van der Waals surface area contributed by atoms with Crippen LogP contribution in [0.5, 0.6) is 0 Å². The predicted molar refractivity (Wildman–Crippen MR) is 67.4 cm³/mol. The van der Waals surface area contributed by atoms with Crippen LogP contribution in [0.1, 0.15) is 58.3 Å². The Balaban J connectivity index is 1.72. The van der Waals surface area contributed by atoms with Gasteiger partial charge in [-0.2, -0.15) is 0 Å². The largest absolute Gasteiger partial charge is 0.396 e. The first-order valence-electron chi connectivity index (χ1n) is 7.08. The molecule has 0 saturated heterocycles. The van der Waals surface area contributed by atoms with E-state index in [0.717, 1.165) is 12.5 Å². The highest BCUT2D eigenvalue weighted by Gasteiger charge is 2.32. The minimum absolute atomic E-state index is 0.204. The molecule has 2 N–H and O–H groups in total. The van der Waals surface area contributed by atoms with Crippen LogP contribution in [0.25, 0.3) is 0 Å². The smallest absolute Gasteiger partial charge is 0.0499 e. The van der Waals surface area contributed by atoms with Crippen LogP contribution in [0.2, 0.25) is 0 Å². The Hall–Kier alpha value is -0.0800. The molecule has 2 heteroatoms. The summed E-state index contributed by atoms with van der Waals surface area (Å²) in [6.45, 7) is 3.69. The van der Waals surface area contributed by atoms with Gasteiger partial charge in [-0.1, -0.05) is 32.1 Å². The first-order chi connectivity index (χ1) is 7.74. The number of hydrogen-bond donors (Lipinski definition) is 2. The van der Waals surface area contributed by atoms with Crippen molar-refractivity contribution in [1.29, 1.82) is 0 Å². The van der Waals surface area contributed by atoms with Crippen LogP contribution in [0.4, 0.5) is 0 Å². The van der Waals surface area contributed by atoms with E-state index in [4.69, 9.17) is 0 Å². The van der Waals surface area contributed by atoms with E-state index in [2.05, 4.69) is 12.2 Å². The Bertz CT molecular complexity index is 207. The SMILES string of the molecule is CC(CC1CC1)NCC1(CO)CCCCC1. The van der Waals surface area contributed by atoms with Crippen molar-refractivity contribution in [2.24, 2.45) is 11.3 Å². The highest BCUT2D eigenvalue weighted by molar-refractivity contribution is 4.86. The van der Waals surface area contributed by atoms with Gasteiger partial charge < -0.3 is 10.4 Å². The summed E-state index contributed by atoms with van der Waals surface area (Å²) in [5.74, 6) is 0.999. The lowest BCUT2D eigenvalue weighted by Crippen LogP contribution is -2.42. The van der Waals surface area contributed by atoms with Crippen LogP contribution in [-0.4, -0.2) is 24.3 Å². The second-order valence-electron chi connectivity index (χ2n) is 6.18. The third kappa shape index (κ3) is 3.46. The highest BCUT2D eigenvalue weighted by Crippen LogP contribution is 2.36. The second-order valence-corrected chi connectivity index (χ2v) is 6.18. The van der Waals surface area contributed by atoms with Crippen molar-refractivity contribution in [1.82, 2.24) is 5.32 Å². The quantitative estimate of drug-likeness (QED) is 0.728. The maximum absolute atomic E-state index is 9.61. The van der Waals surface area contributed by atoms with Gasteiger partial charge in [-0.15, -0.1) is 0 Å². The Morgan fingerprint density at radius 2 is 1.94 bits per heavy atom. The first kappa shape index (κ1) is 12.4. The fourth-order valence-corrected chi connectivity index (χ4v) is 3.02. The predicted octanol–water partition coefficient (Wildman–Crippen LogP) is 2.71. The molecule has 1 atom stereocenters. The van der Waals surface area contributed by atoms with Gasteiger partial charge in [0.1, 0.15) is 0 Å². The standard InChI is InChI=1S/C14H27NO/c1-12(9-13-5-6-13)15-10-14(11-16)7-3-2-4-8-14/h12-13,15-16H,2-11H2,1H3. The summed E-state index contributed by atoms with van der Waals surface area (Å²) < 4.78 is 0. The normalized spacial score (nSPS) is 26.6. The Morgan fingerprint density at radius 1 is 1.25 bits per heavy atom. The van der Waals surface area contributed by atoms with Crippen LogP contribution < -0.4 is 5.32 Å². The zero-order valence-corrected chi connectivity index (χ0v) is 10.7. The van der Waals surface area contributed by atoms with E-state index in [1.54, 1.807) is 0 Å². The number of hydrogen-bond acceptors (Lipinski definition) is 2. The Kier molecular flexibility index (Phi) is 4.26. The van der Waals surface area contributed by atoms with Crippen LogP contribution in [0.15, 0.2) is 0 Å². The summed E-state index contributed by atoms with van der Waals surface area (Å²) in [5, 5.41) is 13.3. The molecule has 0 aliphatic heterocycles. The summed E-state index contributed by atoms with van der Waals surface area (Å²) in [6, 6.07) is 0.637. The lowest BCUT2D eigenvalue weighted by Gasteiger charge is -2.36. The van der Waals surface area contributed by atoms with Crippen LogP contribution >= 0.6 is 0 Å². The summed E-state index contributed by atoms with van der Waals surface area (Å²) in [5.41, 5.74) is 0.204. The minimum Gasteiger partial charge on any atom is -0.396 e. The van der Waals surface area contributed by atoms with Crippen molar-refractivity contribution < 1.29 is 5.11 Å². The molecule has 16 heavy (non-hydrogen) atoms. The van der Waals surface area contributed by atoms with Crippen molar-refractivity contribution in [3.05, 3.63) is 0 Å². The Morgan fingerprint density at radius 3 is 2.50 bits per heavy atom. The van der Waals surface area contributed by atoms with Gasteiger partial charge in [0.2, 0.25) is 0 Å². The molecule has 2 aliphatic carbocycles. The topological polar surface area (TPSA) is 32.3 Å². The fraction of sp³-hybridized carbons (Fsp3) is 1.00. The van der Waals surface area contributed by atoms with Crippen LogP contribution in [-0.2, 0) is 0 Å². The monoisotopic (exact) mass is 225 g/mol. The number of rotatable bonds is 6. The van der Waals surface area contributed by atoms with Gasteiger partial charge in [-0.05, 0) is 32.1 Å². The zero-order valence-electron chi connectivity index (χ0n) is 10.7. The third-order valence-electron chi connectivity index (χ3n) is 4.46. The molecule has 0 aromatic rings. The molecule has 2 saturated carbocycles. The molecule has 94 valence electrons. The van der Waals surface area contributed by atoms with E-state index >= 15 is 0 Å². The summed E-state index contributed by atoms with van der Waals surface area (Å²) in [6.07, 6.45) is 10.6. The summed E-state index contributed by atoms with van der Waals surface area (Å²) in [4.78, 5) is 0. The Labute approximate surface area is 99.8 Å². The van der Waals surface area contributed by atoms with E-state index in [9.17, 15) is 5.11 Å². The molecule has 0 heterocycles. The zero-order chi connectivity index (χ0) is 11.4. The number of nitrogens with one attached hydrogen (secondary N) is 1. The minimum atomic E-state index is 0.204. The van der Waals surface area contributed by atoms with Gasteiger partial charge in [-0.3, -0.25) is 0 Å². The van der Waals surface area contributed by atoms with E-state index in [1.807, 2.05) is 0 Å². The molecule has 1 unspecified atom stereocenters. The first-order valence-corrected chi connectivity index (χ1v) is 7.08. The summed E-state index contributed by atoms with van der Waals surface area (Å²) in [7, 11) is 0. The molecule has 0 aromatic carbocycles. The number of aliphatic hydroxyl groups excluding tert-OH is 1. The van der Waals surface area contributed by atoms with Gasteiger partial charge in [0, 0.05) is 24.6 Å². The van der Waals surface area contributed by atoms with Crippen molar-refractivity contribution in [2.75, 3.05) is 13.2 Å². The fourth-order valence-electron chi connectivity index (χ4n) is 3.02. The molecule has 0 aromatic heterocycles. The van der Waals surface area contributed by atoms with E-state index in [-0.39, 0.29) is 5.41 Å². The van der Waals surface area contributed by atoms with Crippen molar-refractivity contribution >= 4 is 0 Å². The molecule has 0 radical (unpaired) electrons. The second kappa shape index (κ2) is 5.50. The van der Waals surface area contributed by atoms with Crippen molar-refractivity contribution in [3.63, 3.8) is 0 Å². The maximum Gasteiger partial charge on any atom is 0.0499 e. The van der Waals surface area contributed by atoms with E-state index in [0.29, 0.717) is 12.6 Å². The maximum atomic E-state index is 9.61. The molecule has 0 amide bonds. The van der Waals surface area contributed by atoms with E-state index in [1.165, 1.54) is 51.4 Å². The molecule has 0 spiro atoms. The van der Waals surface area contributed by atoms with Crippen LogP contribution in [0, 0.1) is 11.3 Å². The summed E-state index contributed by atoms with van der Waals surface area (Å²) >= 11 is 0. The molecular weight excluding hydrogens is 198 g/mol. The lowest BCUT2D eigenvalue weighted by molar-refractivity contribution is 0.0784. The average molecular weight is 225 g/mol. The molecule has 2 nitrogen and oxygen atoms in total. The molecule has 2 rings (SSSR count).